The molecule has 0 spiro atoms. The molecule has 11 heteroatoms. The van der Waals surface area contributed by atoms with E-state index in [4.69, 9.17) is 24.8 Å². The average molecular weight is 342 g/mol. The minimum Gasteiger partial charge on any atom is -0.394 e. The summed E-state index contributed by atoms with van der Waals surface area (Å²) >= 11 is 0. The van der Waals surface area contributed by atoms with E-state index in [2.05, 4.69) is 0 Å². The number of carbonyl (C=O) groups is 1. The van der Waals surface area contributed by atoms with E-state index in [0.29, 0.717) is 0 Å². The van der Waals surface area contributed by atoms with E-state index in [-0.39, 0.29) is 0 Å². The Morgan fingerprint density at radius 1 is 1.04 bits per heavy atom. The minimum absolute atomic E-state index is 0.731. The van der Waals surface area contributed by atoms with Gasteiger partial charge in [-0.25, -0.2) is 0 Å². The van der Waals surface area contributed by atoms with Gasteiger partial charge in [-0.05, 0) is 0 Å². The first kappa shape index (κ1) is 20.3. The Morgan fingerprint density at radius 3 is 2.13 bits per heavy atom. The van der Waals surface area contributed by atoms with Gasteiger partial charge in [-0.3, -0.25) is 4.79 Å². The van der Waals surface area contributed by atoms with Crippen molar-refractivity contribution in [3.8, 4) is 0 Å². The van der Waals surface area contributed by atoms with Crippen molar-refractivity contribution in [2.24, 2.45) is 0 Å². The molecule has 136 valence electrons. The highest BCUT2D eigenvalue weighted by Gasteiger charge is 2.46. The molecule has 23 heavy (non-hydrogen) atoms. The number of rotatable bonds is 8. The van der Waals surface area contributed by atoms with Gasteiger partial charge in [-0.15, -0.1) is 0 Å². The summed E-state index contributed by atoms with van der Waals surface area (Å²) in [6.07, 6.45) is -13.9. The van der Waals surface area contributed by atoms with E-state index in [1.54, 1.807) is 0 Å². The summed E-state index contributed by atoms with van der Waals surface area (Å²) in [6.45, 7) is -2.71. The quantitative estimate of drug-likeness (QED) is 0.209. The van der Waals surface area contributed by atoms with E-state index < -0.39 is 74.6 Å². The maximum absolute atomic E-state index is 11.6. The highest BCUT2D eigenvalue weighted by molar-refractivity contribution is 5.84. The van der Waals surface area contributed by atoms with Gasteiger partial charge in [0, 0.05) is 0 Å². The molecular weight excluding hydrogens is 320 g/mol. The van der Waals surface area contributed by atoms with E-state index in [0.717, 1.165) is 0 Å². The molecule has 0 amide bonds. The predicted molar refractivity (Wildman–Crippen MR) is 69.8 cm³/mol. The van der Waals surface area contributed by atoms with Gasteiger partial charge in [0.05, 0.1) is 13.2 Å². The second-order valence-corrected chi connectivity index (χ2v) is 5.12. The van der Waals surface area contributed by atoms with Crippen LogP contribution in [0.5, 0.6) is 0 Å². The smallest absolute Gasteiger partial charge is 0.189 e. The Balaban J connectivity index is 2.91. The number of hydrogen-bond acceptors (Lipinski definition) is 11. The number of aliphatic hydroxyl groups is 8. The molecule has 0 bridgehead atoms. The SMILES string of the molecule is O=C(CO)[C@@H](O[C@@H]1O[C@H](CO)[C@H](O)[C@H](O)[C@H]1O)[C@@H](O)[C@H](O)CO. The summed E-state index contributed by atoms with van der Waals surface area (Å²) in [5.74, 6) is -1.08. The van der Waals surface area contributed by atoms with Gasteiger partial charge in [0.25, 0.3) is 0 Å². The molecule has 1 aliphatic rings. The number of ether oxygens (including phenoxy) is 2. The van der Waals surface area contributed by atoms with Crippen molar-refractivity contribution in [1.29, 1.82) is 0 Å². The van der Waals surface area contributed by atoms with Crippen LogP contribution in [0.1, 0.15) is 0 Å². The second kappa shape index (κ2) is 8.94. The lowest BCUT2D eigenvalue weighted by Gasteiger charge is -2.41. The van der Waals surface area contributed by atoms with Crippen molar-refractivity contribution >= 4 is 5.78 Å². The largest absolute Gasteiger partial charge is 0.394 e. The van der Waals surface area contributed by atoms with Crippen LogP contribution in [0, 0.1) is 0 Å². The van der Waals surface area contributed by atoms with Gasteiger partial charge in [-0.1, -0.05) is 0 Å². The van der Waals surface area contributed by atoms with Crippen LogP contribution in [0.2, 0.25) is 0 Å². The lowest BCUT2D eigenvalue weighted by Crippen LogP contribution is -2.61. The summed E-state index contributed by atoms with van der Waals surface area (Å²) in [6, 6.07) is 0. The Hall–Kier alpha value is -0.730. The first-order valence-electron chi connectivity index (χ1n) is 6.85. The molecule has 0 aromatic rings. The van der Waals surface area contributed by atoms with Crippen molar-refractivity contribution in [2.45, 2.75) is 49.0 Å². The molecule has 0 aromatic heterocycles. The molecule has 1 heterocycles. The number of ketones is 1. The number of Topliss-reactive ketones (excluding diaryl/α,β-unsaturated/α-hetero) is 1. The van der Waals surface area contributed by atoms with Gasteiger partial charge in [0.15, 0.2) is 12.1 Å². The summed E-state index contributed by atoms with van der Waals surface area (Å²) in [7, 11) is 0. The molecule has 1 aliphatic heterocycles. The second-order valence-electron chi connectivity index (χ2n) is 5.12. The summed E-state index contributed by atoms with van der Waals surface area (Å²) in [4.78, 5) is 11.6. The standard InChI is InChI=1S/C12H22O11/c13-1-4(16)7(18)11(5(17)2-14)23-12-10(21)9(20)8(19)6(3-15)22-12/h4,6-16,18-21H,1-3H2/t4-,6-,7+,8+,9+,10-,11-,12+/m1/s1. The van der Waals surface area contributed by atoms with Crippen LogP contribution in [0.4, 0.5) is 0 Å². The number of aliphatic hydroxyl groups excluding tert-OH is 8. The first-order chi connectivity index (χ1) is 10.8. The zero-order valence-electron chi connectivity index (χ0n) is 12.0. The van der Waals surface area contributed by atoms with Gasteiger partial charge >= 0.3 is 0 Å². The molecule has 0 aromatic carbocycles. The molecular formula is C12H22O11. The predicted octanol–water partition coefficient (Wildman–Crippen LogP) is -5.55. The molecule has 0 radical (unpaired) electrons. The zero-order valence-corrected chi connectivity index (χ0v) is 12.0. The Bertz CT molecular complexity index is 376. The number of hydrogen-bond donors (Lipinski definition) is 8. The monoisotopic (exact) mass is 342 g/mol. The van der Waals surface area contributed by atoms with E-state index in [1.807, 2.05) is 0 Å². The van der Waals surface area contributed by atoms with E-state index in [9.17, 15) is 30.3 Å². The maximum atomic E-state index is 11.6. The van der Waals surface area contributed by atoms with E-state index >= 15 is 0 Å². The molecule has 0 aliphatic carbocycles. The van der Waals surface area contributed by atoms with Crippen molar-refractivity contribution in [1.82, 2.24) is 0 Å². The molecule has 1 rings (SSSR count). The third-order valence-corrected chi connectivity index (χ3v) is 3.49. The molecule has 1 fully saturated rings. The first-order valence-corrected chi connectivity index (χ1v) is 6.85. The van der Waals surface area contributed by atoms with Crippen LogP contribution < -0.4 is 0 Å². The Labute approximate surface area is 130 Å². The molecule has 0 saturated carbocycles. The topological polar surface area (TPSA) is 197 Å². The minimum atomic E-state index is -1.95. The molecule has 11 nitrogen and oxygen atoms in total. The van der Waals surface area contributed by atoms with Crippen molar-refractivity contribution in [3.05, 3.63) is 0 Å². The van der Waals surface area contributed by atoms with Gasteiger partial charge in [0.1, 0.15) is 49.3 Å². The lowest BCUT2D eigenvalue weighted by molar-refractivity contribution is -0.315. The van der Waals surface area contributed by atoms with E-state index in [1.165, 1.54) is 0 Å². The van der Waals surface area contributed by atoms with Crippen molar-refractivity contribution < 1.29 is 55.1 Å². The maximum Gasteiger partial charge on any atom is 0.189 e. The fourth-order valence-corrected chi connectivity index (χ4v) is 2.07. The van der Waals surface area contributed by atoms with Gasteiger partial charge in [0.2, 0.25) is 0 Å². The third kappa shape index (κ3) is 4.64. The molecule has 1 saturated heterocycles. The molecule has 8 atom stereocenters. The van der Waals surface area contributed by atoms with Crippen LogP contribution in [-0.4, -0.2) is 115 Å². The number of carbonyl (C=O) groups excluding carboxylic acids is 1. The fraction of sp³-hybridized carbons (Fsp3) is 0.917. The summed E-state index contributed by atoms with van der Waals surface area (Å²) < 4.78 is 10.0. The fourth-order valence-electron chi connectivity index (χ4n) is 2.07. The summed E-state index contributed by atoms with van der Waals surface area (Å²) in [5, 5.41) is 74.9. The van der Waals surface area contributed by atoms with Crippen molar-refractivity contribution in [3.63, 3.8) is 0 Å². The van der Waals surface area contributed by atoms with Crippen LogP contribution in [0.15, 0.2) is 0 Å². The average Bonchev–Trinajstić information content (AvgIpc) is 2.57. The molecule has 0 unspecified atom stereocenters. The van der Waals surface area contributed by atoms with Gasteiger partial charge < -0.3 is 50.3 Å². The Morgan fingerprint density at radius 2 is 1.65 bits per heavy atom. The highest BCUT2D eigenvalue weighted by atomic mass is 16.7. The summed E-state index contributed by atoms with van der Waals surface area (Å²) in [5.41, 5.74) is 0. The lowest BCUT2D eigenvalue weighted by atomic mass is 9.98. The third-order valence-electron chi connectivity index (χ3n) is 3.49. The normalized spacial score (nSPS) is 35.6. The van der Waals surface area contributed by atoms with Gasteiger partial charge in [-0.2, -0.15) is 0 Å². The molecule has 8 N–H and O–H groups in total. The van der Waals surface area contributed by atoms with Crippen LogP contribution in [0.3, 0.4) is 0 Å². The zero-order chi connectivity index (χ0) is 17.7. The van der Waals surface area contributed by atoms with Crippen LogP contribution >= 0.6 is 0 Å². The highest BCUT2D eigenvalue weighted by Crippen LogP contribution is 2.24. The van der Waals surface area contributed by atoms with Crippen LogP contribution in [0.25, 0.3) is 0 Å². The van der Waals surface area contributed by atoms with Crippen LogP contribution in [-0.2, 0) is 14.3 Å². The van der Waals surface area contributed by atoms with Crippen molar-refractivity contribution in [2.75, 3.05) is 19.8 Å². The Kier molecular flexibility index (Phi) is 7.89.